The first kappa shape index (κ1) is 23.6. The Bertz CT molecular complexity index is 1430. The maximum absolute atomic E-state index is 12.7. The zero-order valence-electron chi connectivity index (χ0n) is 18.2. The van der Waals surface area contributed by atoms with Crippen LogP contribution in [0.4, 0.5) is 5.69 Å². The number of benzene rings is 3. The van der Waals surface area contributed by atoms with Crippen molar-refractivity contribution in [3.05, 3.63) is 94.7 Å². The third kappa shape index (κ3) is 5.51. The highest BCUT2D eigenvalue weighted by atomic mass is 32.2. The number of rotatable bonds is 8. The van der Waals surface area contributed by atoms with E-state index in [0.29, 0.717) is 5.69 Å². The summed E-state index contributed by atoms with van der Waals surface area (Å²) in [5.41, 5.74) is 0.639. The van der Waals surface area contributed by atoms with Crippen LogP contribution in [0, 0.1) is 0 Å². The quantitative estimate of drug-likeness (QED) is 0.350. The number of nitrogens with one attached hydrogen (secondary N) is 2. The second-order valence-electron chi connectivity index (χ2n) is 7.50. The van der Waals surface area contributed by atoms with Crippen LogP contribution < -0.4 is 10.0 Å². The molecule has 0 saturated carbocycles. The number of amides is 1. The van der Waals surface area contributed by atoms with E-state index in [2.05, 4.69) is 10.0 Å². The number of esters is 1. The number of thiophene rings is 1. The van der Waals surface area contributed by atoms with Crippen molar-refractivity contribution in [3.8, 4) is 0 Å². The predicted molar refractivity (Wildman–Crippen MR) is 132 cm³/mol. The molecule has 0 radical (unpaired) electrons. The van der Waals surface area contributed by atoms with Crippen molar-refractivity contribution >= 4 is 49.7 Å². The van der Waals surface area contributed by atoms with Crippen LogP contribution in [-0.2, 0) is 26.1 Å². The molecule has 1 atom stereocenters. The largest absolute Gasteiger partial charge is 0.449 e. The lowest BCUT2D eigenvalue weighted by molar-refractivity contribution is -0.123. The van der Waals surface area contributed by atoms with Gasteiger partial charge in [-0.2, -0.15) is 0 Å². The molecule has 0 aliphatic heterocycles. The van der Waals surface area contributed by atoms with Crippen molar-refractivity contribution < 1.29 is 22.7 Å². The van der Waals surface area contributed by atoms with Crippen molar-refractivity contribution in [2.75, 3.05) is 5.32 Å². The van der Waals surface area contributed by atoms with E-state index in [4.69, 9.17) is 4.74 Å². The van der Waals surface area contributed by atoms with E-state index in [0.717, 1.165) is 15.6 Å². The van der Waals surface area contributed by atoms with Gasteiger partial charge in [-0.1, -0.05) is 48.5 Å². The summed E-state index contributed by atoms with van der Waals surface area (Å²) in [5.74, 6) is -1.29. The monoisotopic (exact) mass is 494 g/mol. The van der Waals surface area contributed by atoms with Gasteiger partial charge in [-0.3, -0.25) is 4.79 Å². The fourth-order valence-electron chi connectivity index (χ4n) is 3.30. The van der Waals surface area contributed by atoms with E-state index in [1.54, 1.807) is 6.07 Å². The van der Waals surface area contributed by atoms with Gasteiger partial charge in [0.05, 0.1) is 10.5 Å². The molecule has 3 aromatic carbocycles. The molecule has 0 aliphatic rings. The van der Waals surface area contributed by atoms with Gasteiger partial charge in [-0.25, -0.2) is 17.9 Å². The normalized spacial score (nSPS) is 12.3. The Labute approximate surface area is 201 Å². The molecule has 1 heterocycles. The van der Waals surface area contributed by atoms with Gasteiger partial charge >= 0.3 is 5.97 Å². The number of carbonyl (C=O) groups is 2. The summed E-state index contributed by atoms with van der Waals surface area (Å²) in [4.78, 5) is 26.1. The first-order valence-electron chi connectivity index (χ1n) is 10.5. The molecule has 0 saturated heterocycles. The molecule has 1 unspecified atom stereocenters. The zero-order valence-corrected chi connectivity index (χ0v) is 19.9. The Hall–Kier alpha value is -3.53. The summed E-state index contributed by atoms with van der Waals surface area (Å²) in [7, 11) is -3.83. The van der Waals surface area contributed by atoms with Gasteiger partial charge in [0.25, 0.3) is 5.91 Å². The summed E-state index contributed by atoms with van der Waals surface area (Å²) >= 11 is 1.44. The topological polar surface area (TPSA) is 102 Å². The molecule has 7 nitrogen and oxygen atoms in total. The van der Waals surface area contributed by atoms with Crippen LogP contribution >= 0.6 is 11.3 Å². The molecule has 2 N–H and O–H groups in total. The first-order chi connectivity index (χ1) is 16.3. The van der Waals surface area contributed by atoms with Crippen LogP contribution in [0.3, 0.4) is 0 Å². The highest BCUT2D eigenvalue weighted by Gasteiger charge is 2.22. The molecule has 0 fully saturated rings. The minimum atomic E-state index is -3.83. The van der Waals surface area contributed by atoms with Crippen LogP contribution in [0.5, 0.6) is 0 Å². The van der Waals surface area contributed by atoms with Gasteiger partial charge < -0.3 is 10.1 Å². The van der Waals surface area contributed by atoms with E-state index in [-0.39, 0.29) is 17.0 Å². The summed E-state index contributed by atoms with van der Waals surface area (Å²) < 4.78 is 33.1. The Morgan fingerprint density at radius 1 is 0.971 bits per heavy atom. The number of anilines is 1. The second kappa shape index (κ2) is 10.2. The molecule has 0 bridgehead atoms. The summed E-state index contributed by atoms with van der Waals surface area (Å²) in [6.07, 6.45) is -1.09. The number of hydrogen-bond donors (Lipinski definition) is 2. The average molecular weight is 495 g/mol. The van der Waals surface area contributed by atoms with Crippen LogP contribution in [0.2, 0.25) is 0 Å². The smallest absolute Gasteiger partial charge is 0.338 e. The third-order valence-corrected chi connectivity index (χ3v) is 7.37. The van der Waals surface area contributed by atoms with Gasteiger partial charge in [0, 0.05) is 22.5 Å². The maximum Gasteiger partial charge on any atom is 0.338 e. The van der Waals surface area contributed by atoms with E-state index in [1.807, 2.05) is 53.9 Å². The lowest BCUT2D eigenvalue weighted by atomic mass is 10.1. The number of ether oxygens (including phenoxy) is 1. The van der Waals surface area contributed by atoms with Crippen molar-refractivity contribution in [1.82, 2.24) is 4.72 Å². The summed E-state index contributed by atoms with van der Waals surface area (Å²) in [6.45, 7) is 1.61. The van der Waals surface area contributed by atoms with Crippen LogP contribution in [-0.4, -0.2) is 26.4 Å². The summed E-state index contributed by atoms with van der Waals surface area (Å²) in [5, 5.41) is 6.48. The molecule has 4 rings (SSSR count). The Balaban J connectivity index is 1.42. The Kier molecular flexibility index (Phi) is 7.06. The molecule has 34 heavy (non-hydrogen) atoms. The Morgan fingerprint density at radius 3 is 2.53 bits per heavy atom. The Morgan fingerprint density at radius 2 is 1.74 bits per heavy atom. The standard InChI is InChI=1S/C25H22N2O5S2/c1-17(24(28)27-23-13-5-8-18-7-2-3-12-22(18)23)32-25(29)19-9-4-11-21(15-19)34(30,31)26-16-20-10-6-14-33-20/h2-15,17,26H,16H2,1H3,(H,27,28). The molecular formula is C25H22N2O5S2. The van der Waals surface area contributed by atoms with Crippen LogP contribution in [0.15, 0.2) is 89.1 Å². The average Bonchev–Trinajstić information content (AvgIpc) is 3.37. The predicted octanol–water partition coefficient (Wildman–Crippen LogP) is 4.56. The first-order valence-corrected chi connectivity index (χ1v) is 12.8. The lowest BCUT2D eigenvalue weighted by Gasteiger charge is -2.15. The highest BCUT2D eigenvalue weighted by Crippen LogP contribution is 2.23. The number of sulfonamides is 1. The molecule has 4 aromatic rings. The minimum absolute atomic E-state index is 0.0313. The minimum Gasteiger partial charge on any atom is -0.449 e. The third-order valence-electron chi connectivity index (χ3n) is 5.10. The van der Waals surface area contributed by atoms with Crippen LogP contribution in [0.1, 0.15) is 22.2 Å². The zero-order chi connectivity index (χ0) is 24.1. The van der Waals surface area contributed by atoms with Gasteiger partial charge in [-0.05, 0) is 48.0 Å². The fraction of sp³-hybridized carbons (Fsp3) is 0.120. The van der Waals surface area contributed by atoms with E-state index in [9.17, 15) is 18.0 Å². The van der Waals surface area contributed by atoms with Crippen molar-refractivity contribution in [1.29, 1.82) is 0 Å². The molecule has 9 heteroatoms. The number of carbonyl (C=O) groups excluding carboxylic acids is 2. The van der Waals surface area contributed by atoms with Crippen molar-refractivity contribution in [2.45, 2.75) is 24.5 Å². The summed E-state index contributed by atoms with van der Waals surface area (Å²) in [6, 6.07) is 22.3. The molecule has 0 spiro atoms. The van der Waals surface area contributed by atoms with Crippen molar-refractivity contribution in [2.24, 2.45) is 0 Å². The van der Waals surface area contributed by atoms with Crippen molar-refractivity contribution in [3.63, 3.8) is 0 Å². The molecule has 174 valence electrons. The van der Waals surface area contributed by atoms with E-state index in [1.165, 1.54) is 42.5 Å². The van der Waals surface area contributed by atoms with Crippen LogP contribution in [0.25, 0.3) is 10.8 Å². The van der Waals surface area contributed by atoms with Gasteiger partial charge in [0.1, 0.15) is 0 Å². The van der Waals surface area contributed by atoms with Gasteiger partial charge in [0.15, 0.2) is 6.10 Å². The molecular weight excluding hydrogens is 472 g/mol. The lowest BCUT2D eigenvalue weighted by Crippen LogP contribution is -2.30. The maximum atomic E-state index is 12.7. The fourth-order valence-corrected chi connectivity index (χ4v) is 5.09. The van der Waals surface area contributed by atoms with Gasteiger partial charge in [0.2, 0.25) is 10.0 Å². The molecule has 1 aromatic heterocycles. The van der Waals surface area contributed by atoms with E-state index < -0.39 is 28.0 Å². The number of hydrogen-bond acceptors (Lipinski definition) is 6. The molecule has 1 amide bonds. The highest BCUT2D eigenvalue weighted by molar-refractivity contribution is 7.89. The SMILES string of the molecule is CC(OC(=O)c1cccc(S(=O)(=O)NCc2cccs2)c1)C(=O)Nc1cccc2ccccc12. The van der Waals surface area contributed by atoms with Gasteiger partial charge in [-0.15, -0.1) is 11.3 Å². The molecule has 0 aliphatic carbocycles. The number of fused-ring (bicyclic) bond motifs is 1. The second-order valence-corrected chi connectivity index (χ2v) is 10.3. The van der Waals surface area contributed by atoms with E-state index >= 15 is 0 Å².